The minimum absolute atomic E-state index is 0.159. The molecule has 0 N–H and O–H groups in total. The molecule has 0 unspecified atom stereocenters. The SMILES string of the molecule is COCC(COC)(COC)N(C)CC(=O)OC. The molecule has 6 nitrogen and oxygen atoms in total. The molecule has 0 radical (unpaired) electrons. The zero-order chi connectivity index (χ0) is 13.3. The van der Waals surface area contributed by atoms with Crippen LogP contribution in [0.4, 0.5) is 0 Å². The van der Waals surface area contributed by atoms with Gasteiger partial charge in [-0.25, -0.2) is 0 Å². The predicted octanol–water partition coefficient (Wildman–Crippen LogP) is -0.231. The lowest BCUT2D eigenvalue weighted by molar-refractivity contribution is -0.146. The average Bonchev–Trinajstić information content (AvgIpc) is 2.29. The van der Waals surface area contributed by atoms with Crippen LogP contribution in [-0.4, -0.2) is 78.3 Å². The van der Waals surface area contributed by atoms with E-state index in [9.17, 15) is 4.79 Å². The highest BCUT2D eigenvalue weighted by molar-refractivity contribution is 5.71. The molecule has 0 aliphatic heterocycles. The van der Waals surface area contributed by atoms with E-state index in [0.29, 0.717) is 19.8 Å². The van der Waals surface area contributed by atoms with Crippen molar-refractivity contribution in [1.29, 1.82) is 0 Å². The number of hydrogen-bond donors (Lipinski definition) is 0. The molecule has 0 spiro atoms. The van der Waals surface area contributed by atoms with Crippen molar-refractivity contribution in [3.8, 4) is 0 Å². The molecule has 6 heteroatoms. The van der Waals surface area contributed by atoms with E-state index in [2.05, 4.69) is 4.74 Å². The van der Waals surface area contributed by atoms with Crippen molar-refractivity contribution >= 4 is 5.97 Å². The van der Waals surface area contributed by atoms with E-state index < -0.39 is 5.54 Å². The Kier molecular flexibility index (Phi) is 8.07. The van der Waals surface area contributed by atoms with Crippen LogP contribution >= 0.6 is 0 Å². The first-order valence-corrected chi connectivity index (χ1v) is 5.31. The van der Waals surface area contributed by atoms with Crippen LogP contribution < -0.4 is 0 Å². The van der Waals surface area contributed by atoms with Gasteiger partial charge in [-0.3, -0.25) is 9.69 Å². The largest absolute Gasteiger partial charge is 0.468 e. The topological polar surface area (TPSA) is 57.2 Å². The van der Waals surface area contributed by atoms with Gasteiger partial charge in [0.25, 0.3) is 0 Å². The average molecular weight is 249 g/mol. The molecule has 17 heavy (non-hydrogen) atoms. The zero-order valence-electron chi connectivity index (χ0n) is 11.3. The smallest absolute Gasteiger partial charge is 0.319 e. The summed E-state index contributed by atoms with van der Waals surface area (Å²) in [5.41, 5.74) is -0.494. The second-order valence-corrected chi connectivity index (χ2v) is 3.96. The van der Waals surface area contributed by atoms with Crippen molar-refractivity contribution in [1.82, 2.24) is 4.90 Å². The van der Waals surface area contributed by atoms with Gasteiger partial charge in [0.2, 0.25) is 0 Å². The van der Waals surface area contributed by atoms with Crippen LogP contribution in [0.3, 0.4) is 0 Å². The molecule has 0 saturated heterocycles. The highest BCUT2D eigenvalue weighted by atomic mass is 16.5. The summed E-state index contributed by atoms with van der Waals surface area (Å²) in [5.74, 6) is -0.305. The lowest BCUT2D eigenvalue weighted by Crippen LogP contribution is -2.58. The number of carbonyl (C=O) groups excluding carboxylic acids is 1. The molecule has 0 aromatic rings. The zero-order valence-corrected chi connectivity index (χ0v) is 11.3. The van der Waals surface area contributed by atoms with Crippen LogP contribution in [0, 0.1) is 0 Å². The summed E-state index contributed by atoms with van der Waals surface area (Å²) in [5, 5.41) is 0. The quantitative estimate of drug-likeness (QED) is 0.526. The molecule has 0 atom stereocenters. The third kappa shape index (κ3) is 4.99. The normalized spacial score (nSPS) is 11.9. The molecule has 0 aromatic carbocycles. The minimum Gasteiger partial charge on any atom is -0.468 e. The van der Waals surface area contributed by atoms with Gasteiger partial charge in [-0.1, -0.05) is 0 Å². The fourth-order valence-corrected chi connectivity index (χ4v) is 1.69. The molecule has 0 aromatic heterocycles. The van der Waals surface area contributed by atoms with Gasteiger partial charge in [-0.05, 0) is 7.05 Å². The van der Waals surface area contributed by atoms with Crippen molar-refractivity contribution in [2.75, 3.05) is 61.9 Å². The minimum atomic E-state index is -0.494. The molecule has 0 rings (SSSR count). The lowest BCUT2D eigenvalue weighted by Gasteiger charge is -2.39. The fourth-order valence-electron chi connectivity index (χ4n) is 1.69. The van der Waals surface area contributed by atoms with E-state index in [1.807, 2.05) is 11.9 Å². The van der Waals surface area contributed by atoms with Crippen molar-refractivity contribution in [3.05, 3.63) is 0 Å². The summed E-state index contributed by atoms with van der Waals surface area (Å²) in [4.78, 5) is 13.1. The number of ether oxygens (including phenoxy) is 4. The van der Waals surface area contributed by atoms with Gasteiger partial charge in [-0.2, -0.15) is 0 Å². The first-order chi connectivity index (χ1) is 8.06. The molecule has 0 saturated carbocycles. The van der Waals surface area contributed by atoms with Crippen LogP contribution in [0.15, 0.2) is 0 Å². The number of carbonyl (C=O) groups is 1. The first-order valence-electron chi connectivity index (χ1n) is 5.31. The molecule has 0 heterocycles. The van der Waals surface area contributed by atoms with Gasteiger partial charge in [0, 0.05) is 21.3 Å². The number of esters is 1. The van der Waals surface area contributed by atoms with Crippen LogP contribution in [0.5, 0.6) is 0 Å². The number of likely N-dealkylation sites (N-methyl/N-ethyl adjacent to an activating group) is 1. The maximum absolute atomic E-state index is 11.3. The van der Waals surface area contributed by atoms with E-state index in [4.69, 9.17) is 14.2 Å². The highest BCUT2D eigenvalue weighted by Gasteiger charge is 2.36. The van der Waals surface area contributed by atoms with Gasteiger partial charge in [0.1, 0.15) is 0 Å². The summed E-state index contributed by atoms with van der Waals surface area (Å²) < 4.78 is 20.2. The maximum atomic E-state index is 11.3. The Morgan fingerprint density at radius 3 is 1.71 bits per heavy atom. The van der Waals surface area contributed by atoms with Crippen LogP contribution in [-0.2, 0) is 23.7 Å². The molecule has 0 aliphatic carbocycles. The van der Waals surface area contributed by atoms with E-state index in [-0.39, 0.29) is 12.5 Å². The van der Waals surface area contributed by atoms with Gasteiger partial charge in [-0.15, -0.1) is 0 Å². The Labute approximate surface area is 103 Å². The first kappa shape index (κ1) is 16.3. The van der Waals surface area contributed by atoms with Crippen LogP contribution in [0.25, 0.3) is 0 Å². The summed E-state index contributed by atoms with van der Waals surface area (Å²) in [6.07, 6.45) is 0. The van der Waals surface area contributed by atoms with Crippen molar-refractivity contribution in [2.45, 2.75) is 5.54 Å². The van der Waals surface area contributed by atoms with Crippen molar-refractivity contribution < 1.29 is 23.7 Å². The number of methoxy groups -OCH3 is 4. The van der Waals surface area contributed by atoms with E-state index in [1.165, 1.54) is 7.11 Å². The van der Waals surface area contributed by atoms with E-state index in [0.717, 1.165) is 0 Å². The Morgan fingerprint density at radius 1 is 1.00 bits per heavy atom. The highest BCUT2D eigenvalue weighted by Crippen LogP contribution is 2.16. The molecule has 102 valence electrons. The number of rotatable bonds is 9. The predicted molar refractivity (Wildman–Crippen MR) is 63.0 cm³/mol. The van der Waals surface area contributed by atoms with Gasteiger partial charge in [0.15, 0.2) is 0 Å². The lowest BCUT2D eigenvalue weighted by atomic mass is 10.0. The molecule has 0 aliphatic rings. The maximum Gasteiger partial charge on any atom is 0.319 e. The Hall–Kier alpha value is -0.690. The third-order valence-corrected chi connectivity index (χ3v) is 2.64. The van der Waals surface area contributed by atoms with Crippen LogP contribution in [0.1, 0.15) is 0 Å². The van der Waals surface area contributed by atoms with E-state index in [1.54, 1.807) is 21.3 Å². The summed E-state index contributed by atoms with van der Waals surface area (Å²) in [6, 6.07) is 0. The summed E-state index contributed by atoms with van der Waals surface area (Å²) >= 11 is 0. The molecule has 0 bridgehead atoms. The van der Waals surface area contributed by atoms with Gasteiger partial charge < -0.3 is 18.9 Å². The molecular weight excluding hydrogens is 226 g/mol. The van der Waals surface area contributed by atoms with Crippen LogP contribution in [0.2, 0.25) is 0 Å². The van der Waals surface area contributed by atoms with Gasteiger partial charge >= 0.3 is 5.97 Å². The summed E-state index contributed by atoms with van der Waals surface area (Å²) in [6.45, 7) is 1.37. The Bertz CT molecular complexity index is 205. The number of nitrogens with zero attached hydrogens (tertiary/aromatic N) is 1. The summed E-state index contributed by atoms with van der Waals surface area (Å²) in [7, 11) is 7.99. The Morgan fingerprint density at radius 2 is 1.41 bits per heavy atom. The standard InChI is InChI=1S/C11H23NO5/c1-12(6-10(13)17-5)11(7-14-2,8-15-3)9-16-4/h6-9H2,1-5H3. The van der Waals surface area contributed by atoms with Gasteiger partial charge in [0.05, 0.1) is 39.0 Å². The van der Waals surface area contributed by atoms with Crippen molar-refractivity contribution in [2.24, 2.45) is 0 Å². The monoisotopic (exact) mass is 249 g/mol. The molecule has 0 fully saturated rings. The third-order valence-electron chi connectivity index (χ3n) is 2.64. The Balaban J connectivity index is 4.76. The number of hydrogen-bond acceptors (Lipinski definition) is 6. The second-order valence-electron chi connectivity index (χ2n) is 3.96. The van der Waals surface area contributed by atoms with Crippen molar-refractivity contribution in [3.63, 3.8) is 0 Å². The second kappa shape index (κ2) is 8.41. The fraction of sp³-hybridized carbons (Fsp3) is 0.909. The van der Waals surface area contributed by atoms with E-state index >= 15 is 0 Å². The molecular formula is C11H23NO5. The molecule has 0 amide bonds.